The quantitative estimate of drug-likeness (QED) is 0.121. The third-order valence-corrected chi connectivity index (χ3v) is 6.33. The minimum atomic E-state index is -0.536. The predicted octanol–water partition coefficient (Wildman–Crippen LogP) is 2.98. The fraction of sp³-hybridized carbons (Fsp3) is 0.714. The van der Waals surface area contributed by atoms with E-state index in [9.17, 15) is 19.2 Å². The molecule has 39 heavy (non-hydrogen) atoms. The van der Waals surface area contributed by atoms with Gasteiger partial charge in [0.05, 0.1) is 20.0 Å². The first-order valence-electron chi connectivity index (χ1n) is 13.2. The molecule has 0 atom stereocenters. The first kappa shape index (κ1) is 34.3. The summed E-state index contributed by atoms with van der Waals surface area (Å²) in [6.45, 7) is 19.0. The Balaban J connectivity index is 2.74. The number of hydrogen-bond acceptors (Lipinski definition) is 11. The molecular weight excluding hydrogens is 508 g/mol. The smallest absolute Gasteiger partial charge is 0.333 e. The van der Waals surface area contributed by atoms with Gasteiger partial charge in [0, 0.05) is 41.4 Å². The van der Waals surface area contributed by atoms with E-state index < -0.39 is 23.9 Å². The molecule has 0 N–H and O–H groups in total. The van der Waals surface area contributed by atoms with E-state index in [4.69, 9.17) is 23.8 Å². The van der Waals surface area contributed by atoms with E-state index in [0.29, 0.717) is 13.1 Å². The molecule has 1 fully saturated rings. The molecule has 0 aliphatic carbocycles. The Bertz CT molecular complexity index is 829. The van der Waals surface area contributed by atoms with Gasteiger partial charge in [-0.25, -0.2) is 9.59 Å². The maximum Gasteiger partial charge on any atom is 0.333 e. The van der Waals surface area contributed by atoms with Gasteiger partial charge < -0.3 is 23.8 Å². The average molecular weight is 555 g/mol. The van der Waals surface area contributed by atoms with Crippen LogP contribution in [0.5, 0.6) is 0 Å². The summed E-state index contributed by atoms with van der Waals surface area (Å²) in [5.41, 5.74) is -0.0379. The van der Waals surface area contributed by atoms with Crippen LogP contribution in [0.3, 0.4) is 0 Å². The van der Waals surface area contributed by atoms with E-state index in [0.717, 1.165) is 12.8 Å². The zero-order valence-electron chi connectivity index (χ0n) is 24.6. The van der Waals surface area contributed by atoms with Crippen LogP contribution in [0.25, 0.3) is 0 Å². The molecule has 1 aliphatic rings. The van der Waals surface area contributed by atoms with E-state index in [1.54, 1.807) is 7.11 Å². The maximum absolute atomic E-state index is 12.4. The molecule has 0 amide bonds. The Kier molecular flexibility index (Phi) is 13.8. The number of carbonyl (C=O) groups excluding carboxylic acids is 4. The van der Waals surface area contributed by atoms with Crippen LogP contribution in [0, 0.1) is 0 Å². The third-order valence-electron chi connectivity index (χ3n) is 6.33. The van der Waals surface area contributed by atoms with Gasteiger partial charge in [0.2, 0.25) is 0 Å². The Hall–Kier alpha value is -2.76. The molecule has 0 saturated carbocycles. The molecule has 1 aliphatic heterocycles. The summed E-state index contributed by atoms with van der Waals surface area (Å²) < 4.78 is 20.3. The molecule has 0 bridgehead atoms. The third kappa shape index (κ3) is 11.9. The van der Waals surface area contributed by atoms with Crippen LogP contribution in [-0.2, 0) is 43.0 Å². The first-order chi connectivity index (χ1) is 18.1. The summed E-state index contributed by atoms with van der Waals surface area (Å²) >= 11 is 0. The van der Waals surface area contributed by atoms with Crippen LogP contribution in [0.15, 0.2) is 24.3 Å². The fourth-order valence-electron chi connectivity index (χ4n) is 4.88. The summed E-state index contributed by atoms with van der Waals surface area (Å²) in [7, 11) is 1.66. The predicted molar refractivity (Wildman–Crippen MR) is 144 cm³/mol. The molecule has 1 heterocycles. The summed E-state index contributed by atoms with van der Waals surface area (Å²) in [6, 6.07) is 0.0649. The maximum atomic E-state index is 12.4. The Labute approximate surface area is 232 Å². The Morgan fingerprint density at radius 3 is 1.44 bits per heavy atom. The minimum absolute atomic E-state index is 0.0491. The SMILES string of the molecule is C=C(C)C(=O)OCCOC(=O)CCN(CCC(=O)OCCOC(=O)C(=C)C)C1CC(C)(C)N(OC)C(C)(C)C1. The first-order valence-corrected chi connectivity index (χ1v) is 13.2. The topological polar surface area (TPSA) is 121 Å². The number of esters is 4. The molecule has 11 heteroatoms. The molecule has 0 aromatic heterocycles. The zero-order chi connectivity index (χ0) is 29.8. The summed E-state index contributed by atoms with van der Waals surface area (Å²) in [6.07, 6.45) is 1.71. The largest absolute Gasteiger partial charge is 0.462 e. The number of carbonyl (C=O) groups is 4. The van der Waals surface area contributed by atoms with Gasteiger partial charge in [0.25, 0.3) is 0 Å². The van der Waals surface area contributed by atoms with Crippen LogP contribution in [0.2, 0.25) is 0 Å². The van der Waals surface area contributed by atoms with Crippen LogP contribution in [-0.4, -0.2) is 97.6 Å². The van der Waals surface area contributed by atoms with Gasteiger partial charge in [0.1, 0.15) is 26.4 Å². The highest BCUT2D eigenvalue weighted by molar-refractivity contribution is 5.87. The van der Waals surface area contributed by atoms with Gasteiger partial charge in [-0.1, -0.05) is 13.2 Å². The van der Waals surface area contributed by atoms with Crippen LogP contribution >= 0.6 is 0 Å². The lowest BCUT2D eigenvalue weighted by Crippen LogP contribution is -2.63. The lowest BCUT2D eigenvalue weighted by atomic mass is 9.78. The van der Waals surface area contributed by atoms with Crippen molar-refractivity contribution in [2.75, 3.05) is 46.6 Å². The van der Waals surface area contributed by atoms with Crippen molar-refractivity contribution in [1.82, 2.24) is 9.96 Å². The normalized spacial score (nSPS) is 16.8. The standard InChI is InChI=1S/C28H46N2O9/c1-20(2)25(33)38-16-14-36-23(31)10-12-29(13-11-24(32)37-15-17-39-26(34)21(3)4)22-18-27(5,6)30(35-9)28(7,8)19-22/h22H,1,3,10-19H2,2,4-9H3. The second-order valence-electron chi connectivity index (χ2n) is 11.0. The summed E-state index contributed by atoms with van der Waals surface area (Å²) in [5.74, 6) is -1.93. The number of nitrogens with zero attached hydrogens (tertiary/aromatic N) is 2. The number of ether oxygens (including phenoxy) is 4. The molecule has 0 aromatic carbocycles. The second kappa shape index (κ2) is 15.7. The molecule has 0 spiro atoms. The van der Waals surface area contributed by atoms with Crippen molar-refractivity contribution in [1.29, 1.82) is 0 Å². The molecule has 0 radical (unpaired) electrons. The van der Waals surface area contributed by atoms with Crippen molar-refractivity contribution >= 4 is 23.9 Å². The lowest BCUT2D eigenvalue weighted by Gasteiger charge is -2.55. The van der Waals surface area contributed by atoms with Gasteiger partial charge in [-0.15, -0.1) is 0 Å². The van der Waals surface area contributed by atoms with Crippen molar-refractivity contribution in [2.45, 2.75) is 84.3 Å². The van der Waals surface area contributed by atoms with E-state index in [1.165, 1.54) is 13.8 Å². The molecule has 222 valence electrons. The second-order valence-corrected chi connectivity index (χ2v) is 11.0. The molecule has 0 aromatic rings. The average Bonchev–Trinajstić information content (AvgIpc) is 2.82. The van der Waals surface area contributed by atoms with Crippen molar-refractivity contribution in [3.8, 4) is 0 Å². The highest BCUT2D eigenvalue weighted by Crippen LogP contribution is 2.40. The molecule has 11 nitrogen and oxygen atoms in total. The molecule has 1 rings (SSSR count). The van der Waals surface area contributed by atoms with E-state index in [-0.39, 0.29) is 67.5 Å². The number of piperidine rings is 1. The Morgan fingerprint density at radius 2 is 1.10 bits per heavy atom. The van der Waals surface area contributed by atoms with Crippen molar-refractivity contribution in [2.24, 2.45) is 0 Å². The van der Waals surface area contributed by atoms with Gasteiger partial charge >= 0.3 is 23.9 Å². The van der Waals surface area contributed by atoms with Gasteiger partial charge in [-0.05, 0) is 54.4 Å². The Morgan fingerprint density at radius 1 is 0.744 bits per heavy atom. The van der Waals surface area contributed by atoms with Gasteiger partial charge in [0.15, 0.2) is 0 Å². The van der Waals surface area contributed by atoms with Crippen molar-refractivity contribution in [3.63, 3.8) is 0 Å². The van der Waals surface area contributed by atoms with Crippen LogP contribution in [0.4, 0.5) is 0 Å². The molecule has 0 unspecified atom stereocenters. The summed E-state index contributed by atoms with van der Waals surface area (Å²) in [5, 5.41) is 2.00. The number of hydrogen-bond donors (Lipinski definition) is 0. The fourth-order valence-corrected chi connectivity index (χ4v) is 4.88. The number of rotatable bonds is 16. The van der Waals surface area contributed by atoms with E-state index in [1.807, 2.05) is 5.06 Å². The van der Waals surface area contributed by atoms with Crippen LogP contribution in [0.1, 0.15) is 67.2 Å². The summed E-state index contributed by atoms with van der Waals surface area (Å²) in [4.78, 5) is 55.5. The number of hydroxylamine groups is 2. The zero-order valence-corrected chi connectivity index (χ0v) is 24.6. The molecule has 1 saturated heterocycles. The van der Waals surface area contributed by atoms with E-state index >= 15 is 0 Å². The van der Waals surface area contributed by atoms with Gasteiger partial charge in [-0.2, -0.15) is 5.06 Å². The van der Waals surface area contributed by atoms with Crippen LogP contribution < -0.4 is 0 Å². The highest BCUT2D eigenvalue weighted by Gasteiger charge is 2.47. The van der Waals surface area contributed by atoms with Gasteiger partial charge in [-0.3, -0.25) is 14.5 Å². The van der Waals surface area contributed by atoms with Crippen molar-refractivity contribution in [3.05, 3.63) is 24.3 Å². The van der Waals surface area contributed by atoms with Crippen molar-refractivity contribution < 1.29 is 43.0 Å². The van der Waals surface area contributed by atoms with E-state index in [2.05, 4.69) is 45.8 Å². The highest BCUT2D eigenvalue weighted by atomic mass is 16.7. The lowest BCUT2D eigenvalue weighted by molar-refractivity contribution is -0.272. The monoisotopic (exact) mass is 554 g/mol. The minimum Gasteiger partial charge on any atom is -0.462 e. The molecular formula is C28H46N2O9.